The topological polar surface area (TPSA) is 3.24 Å². The lowest BCUT2D eigenvalue weighted by atomic mass is 10.1. The van der Waals surface area contributed by atoms with Crippen molar-refractivity contribution in [2.75, 3.05) is 4.90 Å². The molecule has 0 aliphatic carbocycles. The molecule has 0 saturated heterocycles. The molecule has 0 aliphatic heterocycles. The zero-order valence-electron chi connectivity index (χ0n) is 15.8. The molecule has 0 atom stereocenters. The van der Waals surface area contributed by atoms with Crippen molar-refractivity contribution in [3.8, 4) is 0 Å². The van der Waals surface area contributed by atoms with Crippen molar-refractivity contribution in [3.63, 3.8) is 0 Å². The van der Waals surface area contributed by atoms with Crippen LogP contribution in [0.4, 0.5) is 17.1 Å². The van der Waals surface area contributed by atoms with Gasteiger partial charge in [0.15, 0.2) is 0 Å². The summed E-state index contributed by atoms with van der Waals surface area (Å²) < 4.78 is 0. The maximum Gasteiger partial charge on any atom is 0.0461 e. The van der Waals surface area contributed by atoms with E-state index in [9.17, 15) is 0 Å². The normalized spacial score (nSPS) is 10.9. The molecule has 0 heterocycles. The van der Waals surface area contributed by atoms with Gasteiger partial charge in [-0.3, -0.25) is 0 Å². The molecule has 0 bridgehead atoms. The number of anilines is 3. The highest BCUT2D eigenvalue weighted by Crippen LogP contribution is 2.34. The molecule has 0 N–H and O–H groups in total. The van der Waals surface area contributed by atoms with Crippen molar-refractivity contribution in [1.82, 2.24) is 0 Å². The van der Waals surface area contributed by atoms with E-state index in [2.05, 4.69) is 126 Å². The maximum atomic E-state index is 2.28. The molecule has 136 valence electrons. The molecule has 0 radical (unpaired) electrons. The number of benzene rings is 4. The van der Waals surface area contributed by atoms with Gasteiger partial charge in [0, 0.05) is 17.1 Å². The molecule has 0 aliphatic rings. The predicted octanol–water partition coefficient (Wildman–Crippen LogP) is 7.41. The van der Waals surface area contributed by atoms with Crippen LogP contribution in [0.15, 0.2) is 121 Å². The summed E-state index contributed by atoms with van der Waals surface area (Å²) in [7, 11) is 0. The van der Waals surface area contributed by atoms with E-state index < -0.39 is 0 Å². The smallest absolute Gasteiger partial charge is 0.0461 e. The molecule has 28 heavy (non-hydrogen) atoms. The molecule has 1 nitrogen and oxygen atoms in total. The molecule has 4 aromatic carbocycles. The Morgan fingerprint density at radius 3 is 1.50 bits per heavy atom. The third-order valence-corrected chi connectivity index (χ3v) is 4.69. The highest BCUT2D eigenvalue weighted by molar-refractivity contribution is 5.76. The second kappa shape index (κ2) is 8.88. The van der Waals surface area contributed by atoms with Crippen molar-refractivity contribution >= 4 is 23.1 Å². The van der Waals surface area contributed by atoms with Gasteiger partial charge < -0.3 is 4.90 Å². The number of hydrogen-bond donors (Lipinski definition) is 0. The summed E-state index contributed by atoms with van der Waals surface area (Å²) >= 11 is 0. The maximum absolute atomic E-state index is 2.28. The average Bonchev–Trinajstić information content (AvgIpc) is 2.77. The minimum Gasteiger partial charge on any atom is -0.311 e. The number of hydrogen-bond acceptors (Lipinski definition) is 1. The first-order chi connectivity index (χ1) is 13.9. The molecule has 1 heteroatoms. The lowest BCUT2D eigenvalue weighted by Gasteiger charge is -2.25. The molecule has 0 unspecified atom stereocenters. The van der Waals surface area contributed by atoms with E-state index in [1.807, 2.05) is 6.07 Å². The van der Waals surface area contributed by atoms with E-state index in [4.69, 9.17) is 0 Å². The zero-order valence-corrected chi connectivity index (χ0v) is 15.8. The first kappa shape index (κ1) is 17.8. The summed E-state index contributed by atoms with van der Waals surface area (Å²) in [5, 5.41) is 0. The Morgan fingerprint density at radius 2 is 0.964 bits per heavy atom. The summed E-state index contributed by atoms with van der Waals surface area (Å²) in [6.45, 7) is 0. The van der Waals surface area contributed by atoms with Crippen LogP contribution >= 0.6 is 0 Å². The van der Waals surface area contributed by atoms with Crippen molar-refractivity contribution < 1.29 is 0 Å². The first-order valence-corrected chi connectivity index (χ1v) is 9.61. The minimum absolute atomic E-state index is 0.922. The quantitative estimate of drug-likeness (QED) is 0.345. The molecule has 4 aromatic rings. The van der Waals surface area contributed by atoms with E-state index in [0.29, 0.717) is 0 Å². The third kappa shape index (κ3) is 4.39. The van der Waals surface area contributed by atoms with E-state index >= 15 is 0 Å². The summed E-state index contributed by atoms with van der Waals surface area (Å²) in [5.74, 6) is 0. The molecular formula is C27H23N. The second-order valence-corrected chi connectivity index (χ2v) is 6.69. The van der Waals surface area contributed by atoms with E-state index in [0.717, 1.165) is 23.5 Å². The molecule has 0 saturated carbocycles. The lowest BCUT2D eigenvalue weighted by Crippen LogP contribution is -2.09. The van der Waals surface area contributed by atoms with Crippen LogP contribution in [-0.2, 0) is 6.42 Å². The van der Waals surface area contributed by atoms with E-state index in [-0.39, 0.29) is 0 Å². The van der Waals surface area contributed by atoms with Gasteiger partial charge in [0.25, 0.3) is 0 Å². The van der Waals surface area contributed by atoms with Gasteiger partial charge in [-0.1, -0.05) is 91.0 Å². The molecule has 0 fully saturated rings. The van der Waals surface area contributed by atoms with Crippen LogP contribution in [-0.4, -0.2) is 0 Å². The number of allylic oxidation sites excluding steroid dienone is 1. The third-order valence-electron chi connectivity index (χ3n) is 4.69. The lowest BCUT2D eigenvalue weighted by molar-refractivity contribution is 1.24. The Labute approximate surface area is 167 Å². The number of rotatable bonds is 6. The average molecular weight is 361 g/mol. The largest absolute Gasteiger partial charge is 0.311 e. The van der Waals surface area contributed by atoms with Gasteiger partial charge in [-0.05, 0) is 53.9 Å². The standard InChI is InChI=1S/C27H23N/c1-4-11-23(12-5-1)13-10-14-24-19-21-27(22-20-24)28(25-15-6-2-7-16-25)26-17-8-3-9-18-26/h1-13,15-22H,14H2/b13-10+. The monoisotopic (exact) mass is 361 g/mol. The van der Waals surface area contributed by atoms with Crippen LogP contribution in [0.2, 0.25) is 0 Å². The van der Waals surface area contributed by atoms with Crippen molar-refractivity contribution in [1.29, 1.82) is 0 Å². The van der Waals surface area contributed by atoms with Gasteiger partial charge in [0.1, 0.15) is 0 Å². The van der Waals surface area contributed by atoms with Crippen molar-refractivity contribution in [3.05, 3.63) is 132 Å². The van der Waals surface area contributed by atoms with Crippen LogP contribution in [0.1, 0.15) is 11.1 Å². The molecule has 4 rings (SSSR count). The zero-order chi connectivity index (χ0) is 19.0. The number of para-hydroxylation sites is 2. The Balaban J connectivity index is 1.56. The summed E-state index contributed by atoms with van der Waals surface area (Å²) in [6.07, 6.45) is 5.32. The van der Waals surface area contributed by atoms with Crippen LogP contribution < -0.4 is 4.90 Å². The van der Waals surface area contributed by atoms with Crippen molar-refractivity contribution in [2.45, 2.75) is 6.42 Å². The van der Waals surface area contributed by atoms with Crippen LogP contribution in [0.3, 0.4) is 0 Å². The molecule has 0 spiro atoms. The molecule has 0 aromatic heterocycles. The molecular weight excluding hydrogens is 338 g/mol. The molecule has 0 amide bonds. The van der Waals surface area contributed by atoms with E-state index in [1.54, 1.807) is 0 Å². The Hall–Kier alpha value is -3.58. The Morgan fingerprint density at radius 1 is 0.500 bits per heavy atom. The first-order valence-electron chi connectivity index (χ1n) is 9.61. The van der Waals surface area contributed by atoms with Gasteiger partial charge in [0.2, 0.25) is 0 Å². The Kier molecular flexibility index (Phi) is 5.65. The van der Waals surface area contributed by atoms with Crippen molar-refractivity contribution in [2.24, 2.45) is 0 Å². The second-order valence-electron chi connectivity index (χ2n) is 6.69. The van der Waals surface area contributed by atoms with Crippen LogP contribution in [0.5, 0.6) is 0 Å². The Bertz CT molecular complexity index is 965. The van der Waals surface area contributed by atoms with Gasteiger partial charge in [0.05, 0.1) is 0 Å². The predicted molar refractivity (Wildman–Crippen MR) is 120 cm³/mol. The fourth-order valence-corrected chi connectivity index (χ4v) is 3.28. The van der Waals surface area contributed by atoms with Gasteiger partial charge >= 0.3 is 0 Å². The van der Waals surface area contributed by atoms with Crippen LogP contribution in [0.25, 0.3) is 6.08 Å². The van der Waals surface area contributed by atoms with Gasteiger partial charge in [-0.2, -0.15) is 0 Å². The highest BCUT2D eigenvalue weighted by atomic mass is 15.1. The van der Waals surface area contributed by atoms with Crippen LogP contribution in [0, 0.1) is 0 Å². The minimum atomic E-state index is 0.922. The van der Waals surface area contributed by atoms with E-state index in [1.165, 1.54) is 11.1 Å². The summed E-state index contributed by atoms with van der Waals surface area (Å²) in [4.78, 5) is 2.28. The summed E-state index contributed by atoms with van der Waals surface area (Å²) in [6, 6.07) is 40.2. The number of nitrogens with zero attached hydrogens (tertiary/aromatic N) is 1. The van der Waals surface area contributed by atoms with Gasteiger partial charge in [-0.25, -0.2) is 0 Å². The SMILES string of the molecule is C(=C\c1ccccc1)/Cc1ccc(N(c2ccccc2)c2ccccc2)cc1. The fraction of sp³-hybridized carbons (Fsp3) is 0.0370. The summed E-state index contributed by atoms with van der Waals surface area (Å²) in [5.41, 5.74) is 6.01. The fourth-order valence-electron chi connectivity index (χ4n) is 3.28. The van der Waals surface area contributed by atoms with Gasteiger partial charge in [-0.15, -0.1) is 0 Å². The highest BCUT2D eigenvalue weighted by Gasteiger charge is 2.11.